The predicted octanol–water partition coefficient (Wildman–Crippen LogP) is 3.46. The largest absolute Gasteiger partial charge is 0.373 e. The fourth-order valence-corrected chi connectivity index (χ4v) is 2.55. The van der Waals surface area contributed by atoms with Gasteiger partial charge in [-0.25, -0.2) is 8.78 Å². The van der Waals surface area contributed by atoms with Gasteiger partial charge in [0.25, 0.3) is 0 Å². The molecule has 2 nitrogen and oxygen atoms in total. The van der Waals surface area contributed by atoms with Crippen molar-refractivity contribution in [2.45, 2.75) is 56.9 Å². The molecule has 1 N–H and O–H groups in total. The molecule has 1 aliphatic rings. The van der Waals surface area contributed by atoms with Gasteiger partial charge < -0.3 is 10.1 Å². The average molecular weight is 285 g/mol. The summed E-state index contributed by atoms with van der Waals surface area (Å²) in [5, 5.41) is 3.06. The van der Waals surface area contributed by atoms with Gasteiger partial charge in [-0.05, 0) is 25.8 Å². The van der Waals surface area contributed by atoms with E-state index in [9.17, 15) is 17.6 Å². The van der Waals surface area contributed by atoms with E-state index in [0.717, 1.165) is 25.7 Å². The molecule has 0 radical (unpaired) electrons. The number of ether oxygens (including phenoxy) is 1. The van der Waals surface area contributed by atoms with Crippen LogP contribution in [-0.4, -0.2) is 38.7 Å². The minimum Gasteiger partial charge on any atom is -0.373 e. The van der Waals surface area contributed by atoms with E-state index in [2.05, 4.69) is 5.32 Å². The lowest BCUT2D eigenvalue weighted by atomic mass is 9.92. The smallest absolute Gasteiger partial charge is 0.330 e. The van der Waals surface area contributed by atoms with Crippen molar-refractivity contribution >= 4 is 0 Å². The highest BCUT2D eigenvalue weighted by molar-refractivity contribution is 4.78. The topological polar surface area (TPSA) is 21.3 Å². The first-order chi connectivity index (χ1) is 8.97. The Hall–Kier alpha value is -0.360. The molecule has 0 heterocycles. The van der Waals surface area contributed by atoms with Crippen molar-refractivity contribution < 1.29 is 22.3 Å². The molecule has 0 aromatic carbocycles. The Kier molecular flexibility index (Phi) is 7.07. The van der Waals surface area contributed by atoms with Gasteiger partial charge in [-0.15, -0.1) is 0 Å². The lowest BCUT2D eigenvalue weighted by Gasteiger charge is -2.26. The molecule has 0 aromatic rings. The van der Waals surface area contributed by atoms with Crippen LogP contribution in [0.3, 0.4) is 0 Å². The zero-order valence-corrected chi connectivity index (χ0v) is 11.3. The van der Waals surface area contributed by atoms with Crippen LogP contribution < -0.4 is 5.32 Å². The fourth-order valence-electron chi connectivity index (χ4n) is 2.55. The number of alkyl halides is 4. The highest BCUT2D eigenvalue weighted by atomic mass is 19.3. The maximum atomic E-state index is 12.7. The van der Waals surface area contributed by atoms with E-state index in [0.29, 0.717) is 5.92 Å². The summed E-state index contributed by atoms with van der Waals surface area (Å²) < 4.78 is 54.2. The molecule has 1 rings (SSSR count). The molecule has 1 unspecified atom stereocenters. The minimum absolute atomic E-state index is 0.0356. The molecule has 0 aromatic heterocycles. The molecule has 0 amide bonds. The summed E-state index contributed by atoms with van der Waals surface area (Å²) in [5.74, 6) is -3.67. The van der Waals surface area contributed by atoms with E-state index in [1.807, 2.05) is 0 Å². The SMILES string of the molecule is CNC(COCC(F)(F)C(F)F)C1CCCCCC1. The Morgan fingerprint density at radius 2 is 1.74 bits per heavy atom. The summed E-state index contributed by atoms with van der Waals surface area (Å²) in [6.07, 6.45) is 3.10. The van der Waals surface area contributed by atoms with Crippen LogP contribution in [0.1, 0.15) is 38.5 Å². The van der Waals surface area contributed by atoms with Gasteiger partial charge in [-0.1, -0.05) is 25.7 Å². The van der Waals surface area contributed by atoms with Gasteiger partial charge in [0.05, 0.1) is 6.61 Å². The molecule has 19 heavy (non-hydrogen) atoms. The van der Waals surface area contributed by atoms with E-state index in [1.54, 1.807) is 7.05 Å². The zero-order valence-electron chi connectivity index (χ0n) is 11.3. The molecular formula is C13H23F4NO. The predicted molar refractivity (Wildman–Crippen MR) is 65.8 cm³/mol. The molecule has 6 heteroatoms. The Labute approximate surface area is 111 Å². The van der Waals surface area contributed by atoms with Gasteiger partial charge in [0.1, 0.15) is 6.61 Å². The van der Waals surface area contributed by atoms with Crippen molar-refractivity contribution in [1.82, 2.24) is 5.32 Å². The standard InChI is InChI=1S/C13H23F4NO/c1-18-11(10-6-4-2-3-5-7-10)8-19-9-13(16,17)12(14)15/h10-12,18H,2-9H2,1H3. The Bertz CT molecular complexity index is 243. The number of nitrogens with one attached hydrogen (secondary N) is 1. The summed E-state index contributed by atoms with van der Waals surface area (Å²) in [4.78, 5) is 0. The maximum absolute atomic E-state index is 12.7. The fraction of sp³-hybridized carbons (Fsp3) is 1.00. The second-order valence-electron chi connectivity index (χ2n) is 5.22. The molecule has 114 valence electrons. The lowest BCUT2D eigenvalue weighted by Crippen LogP contribution is -2.40. The van der Waals surface area contributed by atoms with E-state index >= 15 is 0 Å². The van der Waals surface area contributed by atoms with Gasteiger partial charge in [0.15, 0.2) is 0 Å². The summed E-state index contributed by atoms with van der Waals surface area (Å²) >= 11 is 0. The number of likely N-dealkylation sites (N-methyl/N-ethyl adjacent to an activating group) is 1. The lowest BCUT2D eigenvalue weighted by molar-refractivity contribution is -0.167. The first kappa shape index (κ1) is 16.7. The summed E-state index contributed by atoms with van der Waals surface area (Å²) in [5.41, 5.74) is 0. The van der Waals surface area contributed by atoms with Crippen LogP contribution in [0.4, 0.5) is 17.6 Å². The van der Waals surface area contributed by atoms with Crippen LogP contribution in [0.5, 0.6) is 0 Å². The van der Waals surface area contributed by atoms with Crippen molar-refractivity contribution in [2.75, 3.05) is 20.3 Å². The van der Waals surface area contributed by atoms with Crippen molar-refractivity contribution in [2.24, 2.45) is 5.92 Å². The number of hydrogen-bond acceptors (Lipinski definition) is 2. The Morgan fingerprint density at radius 1 is 1.16 bits per heavy atom. The third-order valence-corrected chi connectivity index (χ3v) is 3.75. The number of halogens is 4. The second-order valence-corrected chi connectivity index (χ2v) is 5.22. The summed E-state index contributed by atoms with van der Waals surface area (Å²) in [7, 11) is 1.75. The van der Waals surface area contributed by atoms with Crippen LogP contribution in [0, 0.1) is 5.92 Å². The molecule has 0 bridgehead atoms. The highest BCUT2D eigenvalue weighted by Gasteiger charge is 2.41. The van der Waals surface area contributed by atoms with Gasteiger partial charge in [-0.3, -0.25) is 0 Å². The molecule has 0 spiro atoms. The first-order valence-electron chi connectivity index (χ1n) is 6.88. The number of rotatable bonds is 7. The van der Waals surface area contributed by atoms with Crippen LogP contribution in [0.15, 0.2) is 0 Å². The van der Waals surface area contributed by atoms with Crippen molar-refractivity contribution in [1.29, 1.82) is 0 Å². The minimum atomic E-state index is -4.05. The molecule has 1 saturated carbocycles. The third-order valence-electron chi connectivity index (χ3n) is 3.75. The Morgan fingerprint density at radius 3 is 2.21 bits per heavy atom. The Balaban J connectivity index is 2.35. The van der Waals surface area contributed by atoms with Crippen molar-refractivity contribution in [3.8, 4) is 0 Å². The summed E-state index contributed by atoms with van der Waals surface area (Å²) in [6, 6.07) is -0.0356. The summed E-state index contributed by atoms with van der Waals surface area (Å²) in [6.45, 7) is -1.15. The van der Waals surface area contributed by atoms with E-state index in [-0.39, 0.29) is 12.6 Å². The van der Waals surface area contributed by atoms with Crippen LogP contribution in [0.2, 0.25) is 0 Å². The number of hydrogen-bond donors (Lipinski definition) is 1. The second kappa shape index (κ2) is 8.04. The van der Waals surface area contributed by atoms with E-state index < -0.39 is 19.0 Å². The van der Waals surface area contributed by atoms with Crippen molar-refractivity contribution in [3.05, 3.63) is 0 Å². The molecule has 0 saturated heterocycles. The maximum Gasteiger partial charge on any atom is 0.330 e. The van der Waals surface area contributed by atoms with E-state index in [4.69, 9.17) is 4.74 Å². The molecular weight excluding hydrogens is 262 g/mol. The van der Waals surface area contributed by atoms with Gasteiger partial charge in [-0.2, -0.15) is 8.78 Å². The van der Waals surface area contributed by atoms with Crippen molar-refractivity contribution in [3.63, 3.8) is 0 Å². The van der Waals surface area contributed by atoms with Crippen LogP contribution >= 0.6 is 0 Å². The highest BCUT2D eigenvalue weighted by Crippen LogP contribution is 2.27. The van der Waals surface area contributed by atoms with Gasteiger partial charge in [0, 0.05) is 6.04 Å². The van der Waals surface area contributed by atoms with Gasteiger partial charge in [0.2, 0.25) is 0 Å². The zero-order chi connectivity index (χ0) is 14.3. The van der Waals surface area contributed by atoms with Crippen LogP contribution in [0.25, 0.3) is 0 Å². The normalized spacial score (nSPS) is 20.5. The van der Waals surface area contributed by atoms with Crippen LogP contribution in [-0.2, 0) is 4.74 Å². The quantitative estimate of drug-likeness (QED) is 0.571. The first-order valence-corrected chi connectivity index (χ1v) is 6.88. The van der Waals surface area contributed by atoms with Gasteiger partial charge >= 0.3 is 12.3 Å². The van der Waals surface area contributed by atoms with E-state index in [1.165, 1.54) is 12.8 Å². The monoisotopic (exact) mass is 285 g/mol. The molecule has 1 aliphatic carbocycles. The third kappa shape index (κ3) is 5.65. The average Bonchev–Trinajstić information content (AvgIpc) is 2.63. The molecule has 0 aliphatic heterocycles. The molecule has 1 fully saturated rings. The molecule has 1 atom stereocenters.